The monoisotopic (exact) mass is 254 g/mol. The number of aliphatic carboxylic acids is 1. The lowest BCUT2D eigenvalue weighted by atomic mass is 10.0. The second kappa shape index (κ2) is 5.82. The zero-order valence-electron chi connectivity index (χ0n) is 9.92. The largest absolute Gasteiger partial charge is 0.481 e. The summed E-state index contributed by atoms with van der Waals surface area (Å²) in [6.45, 7) is 3.70. The first-order valence-electron chi connectivity index (χ1n) is 5.43. The topological polar surface area (TPSA) is 54.4 Å². The summed E-state index contributed by atoms with van der Waals surface area (Å²) in [4.78, 5) is 22.1. The number of ketones is 1. The molecule has 0 aliphatic rings. The minimum absolute atomic E-state index is 0.0251. The van der Waals surface area contributed by atoms with Gasteiger partial charge in [-0.1, -0.05) is 11.6 Å². The van der Waals surface area contributed by atoms with Gasteiger partial charge in [-0.05, 0) is 43.5 Å². The fraction of sp³-hybridized carbons (Fsp3) is 0.385. The number of halogens is 1. The smallest absolute Gasteiger partial charge is 0.303 e. The van der Waals surface area contributed by atoms with Crippen LogP contribution in [0.2, 0.25) is 5.02 Å². The molecule has 0 amide bonds. The normalized spacial score (nSPS) is 10.3. The number of carboxylic acids is 1. The molecule has 0 bridgehead atoms. The molecule has 0 saturated carbocycles. The Morgan fingerprint density at radius 1 is 1.18 bits per heavy atom. The maximum atomic E-state index is 11.8. The molecule has 1 aromatic rings. The van der Waals surface area contributed by atoms with E-state index in [0.717, 1.165) is 11.1 Å². The van der Waals surface area contributed by atoms with Crippen LogP contribution in [0.15, 0.2) is 12.1 Å². The van der Waals surface area contributed by atoms with Gasteiger partial charge in [-0.2, -0.15) is 0 Å². The third-order valence-corrected chi connectivity index (χ3v) is 3.15. The molecule has 0 spiro atoms. The van der Waals surface area contributed by atoms with Gasteiger partial charge < -0.3 is 5.11 Å². The zero-order chi connectivity index (χ0) is 13.0. The van der Waals surface area contributed by atoms with E-state index in [1.165, 1.54) is 0 Å². The van der Waals surface area contributed by atoms with Crippen LogP contribution < -0.4 is 0 Å². The molecule has 1 aromatic carbocycles. The second-order valence-corrected chi connectivity index (χ2v) is 4.47. The Balaban J connectivity index is 2.73. The Bertz CT molecular complexity index is 429. The molecule has 92 valence electrons. The van der Waals surface area contributed by atoms with Crippen LogP contribution in [0.3, 0.4) is 0 Å². The third kappa shape index (κ3) is 3.86. The average Bonchev–Trinajstić information content (AvgIpc) is 2.24. The Labute approximate surface area is 105 Å². The van der Waals surface area contributed by atoms with Crippen LogP contribution >= 0.6 is 11.6 Å². The highest BCUT2D eigenvalue weighted by Gasteiger charge is 2.10. The van der Waals surface area contributed by atoms with Crippen molar-refractivity contribution in [2.75, 3.05) is 0 Å². The summed E-state index contributed by atoms with van der Waals surface area (Å²) >= 11 is 6.01. The Hall–Kier alpha value is -1.35. The van der Waals surface area contributed by atoms with Gasteiger partial charge in [0.15, 0.2) is 5.78 Å². The molecule has 1 rings (SSSR count). The predicted molar refractivity (Wildman–Crippen MR) is 66.7 cm³/mol. The van der Waals surface area contributed by atoms with Crippen molar-refractivity contribution in [3.8, 4) is 0 Å². The van der Waals surface area contributed by atoms with Crippen molar-refractivity contribution in [3.63, 3.8) is 0 Å². The number of Topliss-reactive ketones (excluding diaryl/α,β-unsaturated/α-hetero) is 1. The van der Waals surface area contributed by atoms with Crippen molar-refractivity contribution < 1.29 is 14.7 Å². The fourth-order valence-corrected chi connectivity index (χ4v) is 1.76. The zero-order valence-corrected chi connectivity index (χ0v) is 10.7. The molecule has 0 unspecified atom stereocenters. The quantitative estimate of drug-likeness (QED) is 0.820. The fourth-order valence-electron chi connectivity index (χ4n) is 1.65. The van der Waals surface area contributed by atoms with Crippen LogP contribution in [-0.4, -0.2) is 16.9 Å². The highest BCUT2D eigenvalue weighted by Crippen LogP contribution is 2.22. The van der Waals surface area contributed by atoms with Gasteiger partial charge in [0, 0.05) is 23.4 Å². The van der Waals surface area contributed by atoms with Crippen molar-refractivity contribution in [1.29, 1.82) is 0 Å². The van der Waals surface area contributed by atoms with E-state index in [1.807, 2.05) is 13.8 Å². The lowest BCUT2D eigenvalue weighted by Gasteiger charge is -2.06. The molecule has 0 atom stereocenters. The van der Waals surface area contributed by atoms with Gasteiger partial charge in [0.2, 0.25) is 0 Å². The van der Waals surface area contributed by atoms with Crippen LogP contribution in [-0.2, 0) is 4.79 Å². The lowest BCUT2D eigenvalue weighted by Crippen LogP contribution is -2.03. The molecule has 0 fully saturated rings. The van der Waals surface area contributed by atoms with Crippen LogP contribution in [0.5, 0.6) is 0 Å². The molecule has 0 aliphatic carbocycles. The summed E-state index contributed by atoms with van der Waals surface area (Å²) in [5.41, 5.74) is 2.34. The maximum absolute atomic E-state index is 11.8. The molecule has 0 heterocycles. The van der Waals surface area contributed by atoms with Gasteiger partial charge in [-0.25, -0.2) is 0 Å². The number of hydrogen-bond donors (Lipinski definition) is 1. The summed E-state index contributed by atoms with van der Waals surface area (Å²) in [7, 11) is 0. The molecule has 3 nitrogen and oxygen atoms in total. The molecule has 1 N–H and O–H groups in total. The number of carboxylic acid groups (broad SMARTS) is 1. The van der Waals surface area contributed by atoms with Gasteiger partial charge in [0.25, 0.3) is 0 Å². The molecule has 0 radical (unpaired) electrons. The summed E-state index contributed by atoms with van der Waals surface area (Å²) in [6.07, 6.45) is 0.652. The van der Waals surface area contributed by atoms with E-state index in [2.05, 4.69) is 0 Å². The minimum atomic E-state index is -0.874. The lowest BCUT2D eigenvalue weighted by molar-refractivity contribution is -0.137. The van der Waals surface area contributed by atoms with Crippen molar-refractivity contribution in [1.82, 2.24) is 0 Å². The SMILES string of the molecule is Cc1cc(C(=O)CCCC(=O)O)cc(C)c1Cl. The second-order valence-electron chi connectivity index (χ2n) is 4.09. The Morgan fingerprint density at radius 3 is 2.18 bits per heavy atom. The molecule has 17 heavy (non-hydrogen) atoms. The van der Waals surface area contributed by atoms with Gasteiger partial charge in [0.05, 0.1) is 0 Å². The van der Waals surface area contributed by atoms with Gasteiger partial charge in [0.1, 0.15) is 0 Å². The number of rotatable bonds is 5. The maximum Gasteiger partial charge on any atom is 0.303 e. The van der Waals surface area contributed by atoms with E-state index in [1.54, 1.807) is 12.1 Å². The molecule has 4 heteroatoms. The predicted octanol–water partition coefficient (Wildman–Crippen LogP) is 3.39. The number of benzene rings is 1. The first-order chi connectivity index (χ1) is 7.91. The standard InChI is InChI=1S/C13H15ClO3/c1-8-6-10(7-9(2)13(8)14)11(15)4-3-5-12(16)17/h6-7H,3-5H2,1-2H3,(H,16,17). The third-order valence-electron chi connectivity index (χ3n) is 2.55. The van der Waals surface area contributed by atoms with Crippen LogP contribution in [0.1, 0.15) is 40.7 Å². The molecule has 0 aliphatic heterocycles. The van der Waals surface area contributed by atoms with Crippen molar-refractivity contribution >= 4 is 23.4 Å². The van der Waals surface area contributed by atoms with Crippen molar-refractivity contribution in [2.45, 2.75) is 33.1 Å². The van der Waals surface area contributed by atoms with E-state index in [-0.39, 0.29) is 18.6 Å². The van der Waals surface area contributed by atoms with Crippen LogP contribution in [0.4, 0.5) is 0 Å². The van der Waals surface area contributed by atoms with Gasteiger partial charge >= 0.3 is 5.97 Å². The van der Waals surface area contributed by atoms with E-state index in [4.69, 9.17) is 16.7 Å². The van der Waals surface area contributed by atoms with E-state index in [0.29, 0.717) is 17.0 Å². The molecular weight excluding hydrogens is 240 g/mol. The van der Waals surface area contributed by atoms with E-state index < -0.39 is 5.97 Å². The highest BCUT2D eigenvalue weighted by molar-refractivity contribution is 6.32. The van der Waals surface area contributed by atoms with Crippen molar-refractivity contribution in [2.24, 2.45) is 0 Å². The number of aryl methyl sites for hydroxylation is 2. The molecule has 0 saturated heterocycles. The van der Waals surface area contributed by atoms with Gasteiger partial charge in [-0.15, -0.1) is 0 Å². The summed E-state index contributed by atoms with van der Waals surface area (Å²) in [5, 5.41) is 9.17. The molecule has 0 aromatic heterocycles. The summed E-state index contributed by atoms with van der Waals surface area (Å²) in [5.74, 6) is -0.907. The first kappa shape index (κ1) is 13.7. The average molecular weight is 255 g/mol. The Kier molecular flexibility index (Phi) is 4.70. The number of carbonyl (C=O) groups excluding carboxylic acids is 1. The molecular formula is C13H15ClO3. The first-order valence-corrected chi connectivity index (χ1v) is 5.81. The van der Waals surface area contributed by atoms with E-state index in [9.17, 15) is 9.59 Å². The van der Waals surface area contributed by atoms with Gasteiger partial charge in [-0.3, -0.25) is 9.59 Å². The van der Waals surface area contributed by atoms with Crippen LogP contribution in [0, 0.1) is 13.8 Å². The minimum Gasteiger partial charge on any atom is -0.481 e. The Morgan fingerprint density at radius 2 is 1.71 bits per heavy atom. The van der Waals surface area contributed by atoms with Crippen molar-refractivity contribution in [3.05, 3.63) is 33.8 Å². The number of carbonyl (C=O) groups is 2. The number of hydrogen-bond acceptors (Lipinski definition) is 2. The van der Waals surface area contributed by atoms with E-state index >= 15 is 0 Å². The summed E-state index contributed by atoms with van der Waals surface area (Å²) in [6, 6.07) is 3.50. The highest BCUT2D eigenvalue weighted by atomic mass is 35.5. The summed E-state index contributed by atoms with van der Waals surface area (Å²) < 4.78 is 0. The van der Waals surface area contributed by atoms with Crippen LogP contribution in [0.25, 0.3) is 0 Å².